The summed E-state index contributed by atoms with van der Waals surface area (Å²) < 4.78 is 0. The number of anilines is 2. The molecule has 0 aliphatic carbocycles. The predicted molar refractivity (Wildman–Crippen MR) is 83.6 cm³/mol. The Hall–Kier alpha value is -2.01. The predicted octanol–water partition coefficient (Wildman–Crippen LogP) is 3.05. The molecule has 0 bridgehead atoms. The molecule has 1 aliphatic heterocycles. The fourth-order valence-electron chi connectivity index (χ4n) is 2.68. The molecule has 1 unspecified atom stereocenters. The van der Waals surface area contributed by atoms with Gasteiger partial charge in [-0.05, 0) is 45.4 Å². The van der Waals surface area contributed by atoms with Crippen molar-refractivity contribution in [2.24, 2.45) is 0 Å². The molecule has 0 saturated carbocycles. The van der Waals surface area contributed by atoms with Crippen molar-refractivity contribution in [2.45, 2.75) is 39.2 Å². The molecule has 21 heavy (non-hydrogen) atoms. The largest absolute Gasteiger partial charge is 0.325 e. The molecule has 2 aromatic heterocycles. The Balaban J connectivity index is 1.83. The summed E-state index contributed by atoms with van der Waals surface area (Å²) in [7, 11) is 0. The molecule has 1 saturated heterocycles. The summed E-state index contributed by atoms with van der Waals surface area (Å²) in [6.07, 6.45) is 3.64. The molecule has 1 fully saturated rings. The van der Waals surface area contributed by atoms with Crippen LogP contribution in [0.3, 0.4) is 0 Å². The van der Waals surface area contributed by atoms with Crippen LogP contribution in [-0.2, 0) is 0 Å². The van der Waals surface area contributed by atoms with Crippen LogP contribution in [0.4, 0.5) is 11.6 Å². The Morgan fingerprint density at radius 3 is 2.76 bits per heavy atom. The smallest absolute Gasteiger partial charge is 0.135 e. The van der Waals surface area contributed by atoms with Gasteiger partial charge in [0.2, 0.25) is 0 Å². The minimum absolute atomic E-state index is 0.339. The highest BCUT2D eigenvalue weighted by Crippen LogP contribution is 2.24. The van der Waals surface area contributed by atoms with E-state index in [1.54, 1.807) is 0 Å². The minimum Gasteiger partial charge on any atom is -0.325 e. The lowest BCUT2D eigenvalue weighted by Crippen LogP contribution is -2.27. The van der Waals surface area contributed by atoms with E-state index in [1.165, 1.54) is 12.8 Å². The number of piperidine rings is 1. The van der Waals surface area contributed by atoms with Gasteiger partial charge in [-0.15, -0.1) is 0 Å². The van der Waals surface area contributed by atoms with Crippen LogP contribution in [0.2, 0.25) is 0 Å². The van der Waals surface area contributed by atoms with Crippen LogP contribution in [-0.4, -0.2) is 21.5 Å². The van der Waals surface area contributed by atoms with Crippen molar-refractivity contribution in [3.63, 3.8) is 0 Å². The average Bonchev–Trinajstić information content (AvgIpc) is 2.47. The molecule has 0 radical (unpaired) electrons. The number of aromatic nitrogens is 3. The van der Waals surface area contributed by atoms with E-state index in [0.717, 1.165) is 41.8 Å². The van der Waals surface area contributed by atoms with E-state index in [4.69, 9.17) is 0 Å². The van der Waals surface area contributed by atoms with Gasteiger partial charge in [0.25, 0.3) is 0 Å². The highest BCUT2D eigenvalue weighted by molar-refractivity contribution is 5.52. The molecule has 0 aromatic carbocycles. The molecule has 5 heteroatoms. The summed E-state index contributed by atoms with van der Waals surface area (Å²) in [5.41, 5.74) is 2.05. The maximum atomic E-state index is 4.58. The van der Waals surface area contributed by atoms with E-state index in [2.05, 4.69) is 25.6 Å². The van der Waals surface area contributed by atoms with Crippen LogP contribution in [0.25, 0.3) is 0 Å². The van der Waals surface area contributed by atoms with Gasteiger partial charge in [-0.1, -0.05) is 12.5 Å². The molecule has 0 amide bonds. The van der Waals surface area contributed by atoms with Crippen LogP contribution in [0.1, 0.15) is 42.5 Å². The van der Waals surface area contributed by atoms with Crippen molar-refractivity contribution in [1.82, 2.24) is 20.3 Å². The van der Waals surface area contributed by atoms with Crippen LogP contribution in [0, 0.1) is 13.8 Å². The summed E-state index contributed by atoms with van der Waals surface area (Å²) in [6.45, 7) is 4.98. The summed E-state index contributed by atoms with van der Waals surface area (Å²) in [5.74, 6) is 2.41. The van der Waals surface area contributed by atoms with Crippen molar-refractivity contribution in [2.75, 3.05) is 11.9 Å². The molecule has 3 rings (SSSR count). The van der Waals surface area contributed by atoms with Crippen molar-refractivity contribution >= 4 is 11.6 Å². The normalized spacial score (nSPS) is 18.5. The quantitative estimate of drug-likeness (QED) is 0.906. The first-order valence-corrected chi connectivity index (χ1v) is 7.50. The first-order valence-electron chi connectivity index (χ1n) is 7.50. The van der Waals surface area contributed by atoms with Gasteiger partial charge in [0.05, 0.1) is 5.69 Å². The molecule has 2 aromatic rings. The third-order valence-electron chi connectivity index (χ3n) is 3.67. The van der Waals surface area contributed by atoms with Crippen molar-refractivity contribution in [3.05, 3.63) is 41.5 Å². The monoisotopic (exact) mass is 283 g/mol. The number of rotatable bonds is 3. The summed E-state index contributed by atoms with van der Waals surface area (Å²) in [5, 5.41) is 6.80. The van der Waals surface area contributed by atoms with Crippen molar-refractivity contribution in [1.29, 1.82) is 0 Å². The van der Waals surface area contributed by atoms with Gasteiger partial charge >= 0.3 is 0 Å². The van der Waals surface area contributed by atoms with Crippen molar-refractivity contribution < 1.29 is 0 Å². The summed E-state index contributed by atoms with van der Waals surface area (Å²) in [6, 6.07) is 8.28. The fraction of sp³-hybridized carbons (Fsp3) is 0.438. The third-order valence-corrected chi connectivity index (χ3v) is 3.67. The topological polar surface area (TPSA) is 62.7 Å². The molecule has 5 nitrogen and oxygen atoms in total. The van der Waals surface area contributed by atoms with Crippen LogP contribution in [0.5, 0.6) is 0 Å². The third kappa shape index (κ3) is 3.55. The number of nitrogens with one attached hydrogen (secondary N) is 2. The second-order valence-electron chi connectivity index (χ2n) is 5.52. The van der Waals surface area contributed by atoms with E-state index in [-0.39, 0.29) is 0 Å². The fourth-order valence-corrected chi connectivity index (χ4v) is 2.68. The molecular weight excluding hydrogens is 262 g/mol. The lowest BCUT2D eigenvalue weighted by molar-refractivity contribution is 0.404. The van der Waals surface area contributed by atoms with E-state index >= 15 is 0 Å². The molecule has 1 atom stereocenters. The average molecular weight is 283 g/mol. The zero-order valence-corrected chi connectivity index (χ0v) is 12.6. The molecule has 1 aliphatic rings. The Bertz CT molecular complexity index is 620. The maximum Gasteiger partial charge on any atom is 0.135 e. The lowest BCUT2D eigenvalue weighted by atomic mass is 10.0. The second-order valence-corrected chi connectivity index (χ2v) is 5.52. The van der Waals surface area contributed by atoms with Gasteiger partial charge in [0.1, 0.15) is 17.5 Å². The standard InChI is InChI=1S/C16H21N5/c1-11-6-5-8-15(18-11)21-16-10-14(19-12(2)20-16)13-7-3-4-9-17-13/h5-6,8,10,13,17H,3-4,7,9H2,1-2H3,(H,18,19,20,21). The number of nitrogens with zero attached hydrogens (tertiary/aromatic N) is 3. The second kappa shape index (κ2) is 6.18. The van der Waals surface area contributed by atoms with Crippen molar-refractivity contribution in [3.8, 4) is 0 Å². The minimum atomic E-state index is 0.339. The number of hydrogen-bond acceptors (Lipinski definition) is 5. The van der Waals surface area contributed by atoms with E-state index in [0.29, 0.717) is 6.04 Å². The van der Waals surface area contributed by atoms with Gasteiger partial charge < -0.3 is 10.6 Å². The van der Waals surface area contributed by atoms with E-state index in [1.807, 2.05) is 38.1 Å². The lowest BCUT2D eigenvalue weighted by Gasteiger charge is -2.23. The Morgan fingerprint density at radius 1 is 1.10 bits per heavy atom. The molecular formula is C16H21N5. The SMILES string of the molecule is Cc1cccc(Nc2cc(C3CCCCN3)nc(C)n2)n1. The molecule has 3 heterocycles. The van der Waals surface area contributed by atoms with Gasteiger partial charge in [0, 0.05) is 17.8 Å². The maximum absolute atomic E-state index is 4.58. The van der Waals surface area contributed by atoms with Gasteiger partial charge in [-0.25, -0.2) is 15.0 Å². The number of aryl methyl sites for hydroxylation is 2. The van der Waals surface area contributed by atoms with E-state index < -0.39 is 0 Å². The van der Waals surface area contributed by atoms with Crippen LogP contribution in [0.15, 0.2) is 24.3 Å². The molecule has 0 spiro atoms. The summed E-state index contributed by atoms with van der Waals surface area (Å²) in [4.78, 5) is 13.5. The van der Waals surface area contributed by atoms with Crippen LogP contribution < -0.4 is 10.6 Å². The van der Waals surface area contributed by atoms with Gasteiger partial charge in [-0.2, -0.15) is 0 Å². The summed E-state index contributed by atoms with van der Waals surface area (Å²) >= 11 is 0. The van der Waals surface area contributed by atoms with Gasteiger partial charge in [-0.3, -0.25) is 0 Å². The first kappa shape index (κ1) is 13.9. The number of pyridine rings is 1. The van der Waals surface area contributed by atoms with Crippen LogP contribution >= 0.6 is 0 Å². The Kier molecular flexibility index (Phi) is 4.10. The molecule has 2 N–H and O–H groups in total. The highest BCUT2D eigenvalue weighted by atomic mass is 15.1. The van der Waals surface area contributed by atoms with E-state index in [9.17, 15) is 0 Å². The molecule has 110 valence electrons. The zero-order valence-electron chi connectivity index (χ0n) is 12.6. The number of hydrogen-bond donors (Lipinski definition) is 2. The van der Waals surface area contributed by atoms with Gasteiger partial charge in [0.15, 0.2) is 0 Å². The Morgan fingerprint density at radius 2 is 2.00 bits per heavy atom. The first-order chi connectivity index (χ1) is 10.2. The Labute approximate surface area is 125 Å². The zero-order chi connectivity index (χ0) is 14.7. The highest BCUT2D eigenvalue weighted by Gasteiger charge is 2.17.